The molecule has 0 saturated carbocycles. The van der Waals surface area contributed by atoms with Crippen molar-refractivity contribution >= 4 is 23.2 Å². The van der Waals surface area contributed by atoms with Gasteiger partial charge in [-0.3, -0.25) is 9.59 Å². The highest BCUT2D eigenvalue weighted by Crippen LogP contribution is 2.32. The van der Waals surface area contributed by atoms with Gasteiger partial charge in [-0.25, -0.2) is 4.39 Å². The zero-order chi connectivity index (χ0) is 32.1. The van der Waals surface area contributed by atoms with Crippen molar-refractivity contribution in [1.82, 2.24) is 10.2 Å². The lowest BCUT2D eigenvalue weighted by molar-refractivity contribution is -0.136. The summed E-state index contributed by atoms with van der Waals surface area (Å²) in [6.07, 6.45) is 6.28. The maximum Gasteiger partial charge on any atom is 0.303 e. The molecule has 234 valence electrons. The van der Waals surface area contributed by atoms with Crippen LogP contribution in [0.5, 0.6) is 5.75 Å². The zero-order valence-corrected chi connectivity index (χ0v) is 26.8. The third-order valence-electron chi connectivity index (χ3n) is 6.97. The van der Waals surface area contributed by atoms with Crippen molar-refractivity contribution in [3.05, 3.63) is 89.2 Å². The molecule has 0 aliphatic heterocycles. The largest absolute Gasteiger partial charge is 0.494 e. The normalized spacial score (nSPS) is 11.0. The Hall–Kier alpha value is -4.11. The van der Waals surface area contributed by atoms with Gasteiger partial charge in [-0.2, -0.15) is 0 Å². The number of unbranched alkanes of at least 4 members (excludes halogenated alkanes) is 4. The minimum atomic E-state index is -0.901. The van der Waals surface area contributed by atoms with Gasteiger partial charge in [0.25, 0.3) is 0 Å². The van der Waals surface area contributed by atoms with E-state index in [1.54, 1.807) is 24.3 Å². The molecule has 0 fully saturated rings. The summed E-state index contributed by atoms with van der Waals surface area (Å²) in [6, 6.07) is 19.9. The summed E-state index contributed by atoms with van der Waals surface area (Å²) >= 11 is 1.32. The van der Waals surface area contributed by atoms with Crippen molar-refractivity contribution < 1.29 is 23.8 Å². The Labute approximate surface area is 263 Å². The fraction of sp³-hybridized carbons (Fsp3) is 0.371. The molecule has 44 heavy (non-hydrogen) atoms. The maximum atomic E-state index is 14.5. The molecule has 0 atom stereocenters. The number of ether oxygens (including phenoxy) is 1. The molecular weight excluding hydrogens is 577 g/mol. The van der Waals surface area contributed by atoms with E-state index >= 15 is 0 Å². The average molecular weight is 620 g/mol. The van der Waals surface area contributed by atoms with Gasteiger partial charge in [0.1, 0.15) is 16.6 Å². The first-order valence-electron chi connectivity index (χ1n) is 15.0. The molecule has 4 rings (SSSR count). The molecular formula is C35H42FN3O4S. The fourth-order valence-electron chi connectivity index (χ4n) is 4.31. The van der Waals surface area contributed by atoms with E-state index in [-0.39, 0.29) is 17.7 Å². The van der Waals surface area contributed by atoms with Crippen molar-refractivity contribution in [3.8, 4) is 26.9 Å². The number of carbonyl (C=O) groups is 2. The Bertz CT molecular complexity index is 1500. The van der Waals surface area contributed by atoms with E-state index in [9.17, 15) is 14.0 Å². The summed E-state index contributed by atoms with van der Waals surface area (Å²) in [5.74, 6) is -0.873. The number of carboxylic acid groups (broad SMARTS) is 1. The lowest BCUT2D eigenvalue weighted by Gasteiger charge is -2.18. The molecule has 9 heteroatoms. The first-order chi connectivity index (χ1) is 21.0. The number of primary amides is 1. The fourth-order valence-corrected chi connectivity index (χ4v) is 5.19. The number of aliphatic carboxylic acids is 1. The first-order valence-corrected chi connectivity index (χ1v) is 15.8. The van der Waals surface area contributed by atoms with E-state index < -0.39 is 11.8 Å². The molecule has 1 amide bonds. The highest BCUT2D eigenvalue weighted by atomic mass is 32.1. The van der Waals surface area contributed by atoms with Gasteiger partial charge in [-0.05, 0) is 77.9 Å². The predicted molar refractivity (Wildman–Crippen MR) is 175 cm³/mol. The molecule has 0 radical (unpaired) electrons. The Morgan fingerprint density at radius 1 is 0.909 bits per heavy atom. The number of nitrogens with two attached hydrogens (primary N) is 1. The van der Waals surface area contributed by atoms with Crippen LogP contribution in [0, 0.1) is 5.82 Å². The molecule has 0 spiro atoms. The number of rotatable bonds is 13. The number of nitrogens with zero attached hydrogens (tertiary/aromatic N) is 2. The topological polar surface area (TPSA) is 115 Å². The standard InChI is InChI=1S/C24H27FN2O3S.C11H15NO/c1-2-3-4-5-6-15-30-19-11-9-18(10-12-19)23-26-27-24(31-23)20-13-7-17(16-21(20)25)8-14-22(28)29;1-11(2,3)9-6-4-8(5-7-9)10(12)13/h7,9-13,16H,2-6,8,14-15H2,1H3,(H,28,29);4-7H,1-3H3,(H2,12,13). The summed E-state index contributed by atoms with van der Waals surface area (Å²) in [4.78, 5) is 21.5. The number of aromatic nitrogens is 2. The molecule has 0 aliphatic carbocycles. The molecule has 0 bridgehead atoms. The van der Waals surface area contributed by atoms with E-state index in [4.69, 9.17) is 15.6 Å². The van der Waals surface area contributed by atoms with Gasteiger partial charge < -0.3 is 15.6 Å². The molecule has 7 nitrogen and oxygen atoms in total. The van der Waals surface area contributed by atoms with Crippen LogP contribution in [-0.4, -0.2) is 33.8 Å². The lowest BCUT2D eigenvalue weighted by Crippen LogP contribution is -2.13. The average Bonchev–Trinajstić information content (AvgIpc) is 3.48. The van der Waals surface area contributed by atoms with Crippen molar-refractivity contribution in [2.24, 2.45) is 5.73 Å². The van der Waals surface area contributed by atoms with E-state index in [1.807, 2.05) is 36.4 Å². The van der Waals surface area contributed by atoms with Crippen LogP contribution in [0.4, 0.5) is 4.39 Å². The SMILES string of the molecule is CC(C)(C)c1ccc(C(N)=O)cc1.CCCCCCCOc1ccc(-c2nnc(-c3ccc(CCC(=O)O)cc3F)s2)cc1. The number of carbonyl (C=O) groups excluding carboxylic acids is 1. The second-order valence-corrected chi connectivity index (χ2v) is 12.6. The van der Waals surface area contributed by atoms with E-state index in [0.29, 0.717) is 39.7 Å². The van der Waals surface area contributed by atoms with Crippen molar-refractivity contribution in [2.45, 2.75) is 78.1 Å². The minimum absolute atomic E-state index is 0.0275. The van der Waals surface area contributed by atoms with Crippen LogP contribution in [0.15, 0.2) is 66.7 Å². The number of aryl methyl sites for hydroxylation is 1. The molecule has 0 aliphatic rings. The number of benzene rings is 3. The Morgan fingerprint density at radius 2 is 1.57 bits per heavy atom. The Balaban J connectivity index is 0.000000340. The van der Waals surface area contributed by atoms with Gasteiger partial charge in [0.15, 0.2) is 5.01 Å². The van der Waals surface area contributed by atoms with Crippen LogP contribution in [-0.2, 0) is 16.6 Å². The van der Waals surface area contributed by atoms with Gasteiger partial charge in [0.05, 0.1) is 6.61 Å². The Morgan fingerprint density at radius 3 is 2.16 bits per heavy atom. The summed E-state index contributed by atoms with van der Waals surface area (Å²) in [5, 5.41) is 18.3. The number of amides is 1. The van der Waals surface area contributed by atoms with Crippen LogP contribution < -0.4 is 10.5 Å². The number of halogens is 1. The predicted octanol–water partition coefficient (Wildman–Crippen LogP) is 8.46. The molecule has 3 aromatic carbocycles. The van der Waals surface area contributed by atoms with Gasteiger partial charge in [0.2, 0.25) is 5.91 Å². The van der Waals surface area contributed by atoms with Crippen LogP contribution >= 0.6 is 11.3 Å². The van der Waals surface area contributed by atoms with Gasteiger partial charge >= 0.3 is 5.97 Å². The molecule has 1 aromatic heterocycles. The maximum absolute atomic E-state index is 14.5. The summed E-state index contributed by atoms with van der Waals surface area (Å²) in [7, 11) is 0. The zero-order valence-electron chi connectivity index (χ0n) is 25.9. The van der Waals surface area contributed by atoms with Crippen LogP contribution in [0.25, 0.3) is 21.1 Å². The second-order valence-electron chi connectivity index (χ2n) is 11.6. The molecule has 0 saturated heterocycles. The first kappa shape index (κ1) is 34.4. The van der Waals surface area contributed by atoms with Crippen molar-refractivity contribution in [2.75, 3.05) is 6.61 Å². The van der Waals surface area contributed by atoms with Gasteiger partial charge in [-0.15, -0.1) is 10.2 Å². The lowest BCUT2D eigenvalue weighted by atomic mass is 9.87. The summed E-state index contributed by atoms with van der Waals surface area (Å²) in [6.45, 7) is 9.31. The third-order valence-corrected chi connectivity index (χ3v) is 7.98. The molecule has 3 N–H and O–H groups in total. The van der Waals surface area contributed by atoms with E-state index in [0.717, 1.165) is 17.7 Å². The van der Waals surface area contributed by atoms with E-state index in [2.05, 4.69) is 37.9 Å². The number of hydrogen-bond donors (Lipinski definition) is 2. The third kappa shape index (κ3) is 10.9. The van der Waals surface area contributed by atoms with Crippen LogP contribution in [0.2, 0.25) is 0 Å². The summed E-state index contributed by atoms with van der Waals surface area (Å²) in [5.41, 5.74) is 8.94. The highest BCUT2D eigenvalue weighted by Gasteiger charge is 2.15. The number of hydrogen-bond acceptors (Lipinski definition) is 6. The smallest absolute Gasteiger partial charge is 0.303 e. The minimum Gasteiger partial charge on any atom is -0.494 e. The second kappa shape index (κ2) is 16.7. The molecule has 0 unspecified atom stereocenters. The summed E-state index contributed by atoms with van der Waals surface area (Å²) < 4.78 is 20.3. The van der Waals surface area contributed by atoms with Gasteiger partial charge in [0, 0.05) is 23.1 Å². The number of carboxylic acids is 1. The molecule has 4 aromatic rings. The van der Waals surface area contributed by atoms with Crippen LogP contribution in [0.1, 0.15) is 87.7 Å². The molecule has 1 heterocycles. The van der Waals surface area contributed by atoms with Crippen molar-refractivity contribution in [1.29, 1.82) is 0 Å². The van der Waals surface area contributed by atoms with Gasteiger partial charge in [-0.1, -0.05) is 82.9 Å². The van der Waals surface area contributed by atoms with E-state index in [1.165, 1.54) is 48.6 Å². The Kier molecular flexibility index (Phi) is 13.0. The van der Waals surface area contributed by atoms with Crippen LogP contribution in [0.3, 0.4) is 0 Å². The highest BCUT2D eigenvalue weighted by molar-refractivity contribution is 7.17. The quantitative estimate of drug-likeness (QED) is 0.145. The monoisotopic (exact) mass is 619 g/mol. The van der Waals surface area contributed by atoms with Crippen molar-refractivity contribution in [3.63, 3.8) is 0 Å².